The Morgan fingerprint density at radius 3 is 2.62 bits per heavy atom. The van der Waals surface area contributed by atoms with Gasteiger partial charge in [0, 0.05) is 12.3 Å². The molecule has 1 amide bonds. The predicted molar refractivity (Wildman–Crippen MR) is 97.4 cm³/mol. The highest BCUT2D eigenvalue weighted by Crippen LogP contribution is 2.36. The molecule has 134 valence electrons. The van der Waals surface area contributed by atoms with E-state index in [1.165, 1.54) is 6.42 Å². The normalized spacial score (nSPS) is 25.1. The highest BCUT2D eigenvalue weighted by atomic mass is 16.5. The van der Waals surface area contributed by atoms with Crippen molar-refractivity contribution in [2.45, 2.75) is 71.5 Å². The summed E-state index contributed by atoms with van der Waals surface area (Å²) in [5, 5.41) is 3.03. The Labute approximate surface area is 145 Å². The van der Waals surface area contributed by atoms with Crippen molar-refractivity contribution in [3.63, 3.8) is 0 Å². The molecule has 0 saturated heterocycles. The molecular formula is C20H31NO3. The van der Waals surface area contributed by atoms with E-state index in [9.17, 15) is 4.79 Å². The second kappa shape index (κ2) is 8.52. The number of rotatable bonds is 7. The molecule has 0 radical (unpaired) electrons. The maximum Gasteiger partial charge on any atom is 0.256 e. The largest absolute Gasteiger partial charge is 0.491 e. The molecule has 3 unspecified atom stereocenters. The standard InChI is InChI=1S/C20H31NO3/c1-5-16(4)24-18-11-9-17(10-12-18)21-19(22)20(23-6-2)13-7-8-15(3)14-20/h9-12,15-16H,5-8,13-14H2,1-4H3,(H,21,22). The van der Waals surface area contributed by atoms with Gasteiger partial charge in [0.15, 0.2) is 0 Å². The van der Waals surface area contributed by atoms with Crippen LogP contribution in [0.5, 0.6) is 5.75 Å². The lowest BCUT2D eigenvalue weighted by Crippen LogP contribution is -2.48. The van der Waals surface area contributed by atoms with Crippen molar-refractivity contribution in [3.8, 4) is 5.75 Å². The third-order valence-electron chi connectivity index (χ3n) is 4.81. The Kier molecular flexibility index (Phi) is 6.67. The van der Waals surface area contributed by atoms with Gasteiger partial charge in [-0.2, -0.15) is 0 Å². The molecule has 1 aromatic carbocycles. The van der Waals surface area contributed by atoms with Crippen molar-refractivity contribution in [1.82, 2.24) is 0 Å². The van der Waals surface area contributed by atoms with E-state index >= 15 is 0 Å². The molecule has 0 aromatic heterocycles. The number of nitrogens with one attached hydrogen (secondary N) is 1. The molecule has 0 bridgehead atoms. The zero-order valence-electron chi connectivity index (χ0n) is 15.4. The number of hydrogen-bond donors (Lipinski definition) is 1. The summed E-state index contributed by atoms with van der Waals surface area (Å²) in [6, 6.07) is 7.58. The lowest BCUT2D eigenvalue weighted by molar-refractivity contribution is -0.147. The molecule has 0 aliphatic heterocycles. The zero-order valence-corrected chi connectivity index (χ0v) is 15.4. The zero-order chi connectivity index (χ0) is 17.6. The summed E-state index contributed by atoms with van der Waals surface area (Å²) in [5.41, 5.74) is 0.104. The second-order valence-electron chi connectivity index (χ2n) is 6.94. The number of ether oxygens (including phenoxy) is 2. The molecule has 1 saturated carbocycles. The van der Waals surface area contributed by atoms with E-state index in [1.807, 2.05) is 38.1 Å². The fourth-order valence-corrected chi connectivity index (χ4v) is 3.36. The number of anilines is 1. The fourth-order valence-electron chi connectivity index (χ4n) is 3.36. The smallest absolute Gasteiger partial charge is 0.256 e. The monoisotopic (exact) mass is 333 g/mol. The molecule has 0 spiro atoms. The Bertz CT molecular complexity index is 524. The van der Waals surface area contributed by atoms with Gasteiger partial charge in [-0.3, -0.25) is 4.79 Å². The lowest BCUT2D eigenvalue weighted by Gasteiger charge is -2.38. The van der Waals surface area contributed by atoms with Crippen LogP contribution in [0, 0.1) is 5.92 Å². The number of carbonyl (C=O) groups is 1. The quantitative estimate of drug-likeness (QED) is 0.780. The molecular weight excluding hydrogens is 302 g/mol. The highest BCUT2D eigenvalue weighted by Gasteiger charge is 2.42. The number of carbonyl (C=O) groups excluding carboxylic acids is 1. The Morgan fingerprint density at radius 2 is 2.04 bits per heavy atom. The van der Waals surface area contributed by atoms with Gasteiger partial charge in [0.05, 0.1) is 6.10 Å². The van der Waals surface area contributed by atoms with Crippen LogP contribution >= 0.6 is 0 Å². The maximum absolute atomic E-state index is 12.9. The molecule has 24 heavy (non-hydrogen) atoms. The molecule has 1 N–H and O–H groups in total. The average molecular weight is 333 g/mol. The van der Waals surface area contributed by atoms with Crippen molar-refractivity contribution < 1.29 is 14.3 Å². The first-order chi connectivity index (χ1) is 11.5. The summed E-state index contributed by atoms with van der Waals surface area (Å²) in [6.07, 6.45) is 4.96. The Morgan fingerprint density at radius 1 is 1.33 bits per heavy atom. The number of amides is 1. The number of hydrogen-bond acceptors (Lipinski definition) is 3. The SMILES string of the molecule is CCOC1(C(=O)Nc2ccc(OC(C)CC)cc2)CCCC(C)C1. The lowest BCUT2D eigenvalue weighted by atomic mass is 9.78. The van der Waals surface area contributed by atoms with Gasteiger partial charge in [0.2, 0.25) is 0 Å². The Balaban J connectivity index is 2.04. The summed E-state index contributed by atoms with van der Waals surface area (Å²) in [5.74, 6) is 1.32. The van der Waals surface area contributed by atoms with Gasteiger partial charge in [0.1, 0.15) is 11.4 Å². The van der Waals surface area contributed by atoms with E-state index in [1.54, 1.807) is 0 Å². The summed E-state index contributed by atoms with van der Waals surface area (Å²) >= 11 is 0. The second-order valence-corrected chi connectivity index (χ2v) is 6.94. The van der Waals surface area contributed by atoms with E-state index in [2.05, 4.69) is 19.2 Å². The predicted octanol–water partition coefficient (Wildman–Crippen LogP) is 4.79. The van der Waals surface area contributed by atoms with Crippen molar-refractivity contribution in [2.24, 2.45) is 5.92 Å². The molecule has 1 aromatic rings. The van der Waals surface area contributed by atoms with Crippen molar-refractivity contribution in [2.75, 3.05) is 11.9 Å². The molecule has 4 heteroatoms. The number of benzene rings is 1. The summed E-state index contributed by atoms with van der Waals surface area (Å²) < 4.78 is 11.7. The van der Waals surface area contributed by atoms with Crippen LogP contribution < -0.4 is 10.1 Å². The minimum absolute atomic E-state index is 0.0218. The third-order valence-corrected chi connectivity index (χ3v) is 4.81. The third kappa shape index (κ3) is 4.73. The molecule has 2 rings (SSSR count). The molecule has 0 heterocycles. The first kappa shape index (κ1) is 18.8. The summed E-state index contributed by atoms with van der Waals surface area (Å²) in [7, 11) is 0. The highest BCUT2D eigenvalue weighted by molar-refractivity contribution is 5.97. The van der Waals surface area contributed by atoms with Crippen LogP contribution in [0.15, 0.2) is 24.3 Å². The van der Waals surface area contributed by atoms with Crippen LogP contribution in [0.1, 0.15) is 59.8 Å². The first-order valence-corrected chi connectivity index (χ1v) is 9.21. The van der Waals surface area contributed by atoms with Gasteiger partial charge in [-0.05, 0) is 69.7 Å². The van der Waals surface area contributed by atoms with Gasteiger partial charge >= 0.3 is 0 Å². The van der Waals surface area contributed by atoms with Gasteiger partial charge in [-0.1, -0.05) is 20.3 Å². The van der Waals surface area contributed by atoms with E-state index in [0.29, 0.717) is 12.5 Å². The molecule has 1 aliphatic rings. The van der Waals surface area contributed by atoms with Crippen LogP contribution in [-0.4, -0.2) is 24.2 Å². The van der Waals surface area contributed by atoms with E-state index in [4.69, 9.17) is 9.47 Å². The molecule has 1 fully saturated rings. The summed E-state index contributed by atoms with van der Waals surface area (Å²) in [6.45, 7) is 8.85. The van der Waals surface area contributed by atoms with Gasteiger partial charge in [0.25, 0.3) is 5.91 Å². The average Bonchev–Trinajstić information content (AvgIpc) is 2.56. The van der Waals surface area contributed by atoms with Crippen LogP contribution in [-0.2, 0) is 9.53 Å². The minimum atomic E-state index is -0.682. The first-order valence-electron chi connectivity index (χ1n) is 9.21. The van der Waals surface area contributed by atoms with Crippen LogP contribution in [0.2, 0.25) is 0 Å². The van der Waals surface area contributed by atoms with E-state index < -0.39 is 5.60 Å². The van der Waals surface area contributed by atoms with Crippen molar-refractivity contribution >= 4 is 11.6 Å². The summed E-state index contributed by atoms with van der Waals surface area (Å²) in [4.78, 5) is 12.9. The van der Waals surface area contributed by atoms with Crippen molar-refractivity contribution in [1.29, 1.82) is 0 Å². The van der Waals surface area contributed by atoms with E-state index in [-0.39, 0.29) is 12.0 Å². The van der Waals surface area contributed by atoms with Gasteiger partial charge in [-0.15, -0.1) is 0 Å². The minimum Gasteiger partial charge on any atom is -0.491 e. The van der Waals surface area contributed by atoms with Crippen LogP contribution in [0.4, 0.5) is 5.69 Å². The molecule has 3 atom stereocenters. The van der Waals surface area contributed by atoms with Crippen molar-refractivity contribution in [3.05, 3.63) is 24.3 Å². The molecule has 1 aliphatic carbocycles. The van der Waals surface area contributed by atoms with Gasteiger partial charge < -0.3 is 14.8 Å². The van der Waals surface area contributed by atoms with Crippen LogP contribution in [0.3, 0.4) is 0 Å². The van der Waals surface area contributed by atoms with Crippen LogP contribution in [0.25, 0.3) is 0 Å². The topological polar surface area (TPSA) is 47.6 Å². The fraction of sp³-hybridized carbons (Fsp3) is 0.650. The molecule has 4 nitrogen and oxygen atoms in total. The maximum atomic E-state index is 12.9. The van der Waals surface area contributed by atoms with Gasteiger partial charge in [-0.25, -0.2) is 0 Å². The van der Waals surface area contributed by atoms with E-state index in [0.717, 1.165) is 37.1 Å². The Hall–Kier alpha value is -1.55.